The standard InChI is InChI=1S/C16H21ClFN3/c1-11-13(8-19-16(2,3)4)9-20-21(11)10-12-5-6-14(17)15(18)7-12/h5-7,9,19H,8,10H2,1-4H3. The van der Waals surface area contributed by atoms with Crippen LogP contribution in [0, 0.1) is 12.7 Å². The summed E-state index contributed by atoms with van der Waals surface area (Å²) in [5.41, 5.74) is 3.15. The van der Waals surface area contributed by atoms with Gasteiger partial charge in [0.25, 0.3) is 0 Å². The number of aromatic nitrogens is 2. The van der Waals surface area contributed by atoms with Crippen molar-refractivity contribution in [3.05, 3.63) is 52.1 Å². The lowest BCUT2D eigenvalue weighted by Gasteiger charge is -2.20. The van der Waals surface area contributed by atoms with Crippen LogP contribution in [-0.4, -0.2) is 15.3 Å². The van der Waals surface area contributed by atoms with Gasteiger partial charge in [0, 0.05) is 23.3 Å². The Bertz CT molecular complexity index is 629. The van der Waals surface area contributed by atoms with Gasteiger partial charge in [0.15, 0.2) is 0 Å². The van der Waals surface area contributed by atoms with E-state index in [0.717, 1.165) is 23.4 Å². The number of hydrogen-bond donors (Lipinski definition) is 1. The molecule has 2 rings (SSSR count). The topological polar surface area (TPSA) is 29.9 Å². The second-order valence-corrected chi connectivity index (χ2v) is 6.67. The minimum absolute atomic E-state index is 0.0633. The summed E-state index contributed by atoms with van der Waals surface area (Å²) < 4.78 is 15.3. The molecule has 1 N–H and O–H groups in total. The van der Waals surface area contributed by atoms with Gasteiger partial charge in [-0.15, -0.1) is 0 Å². The summed E-state index contributed by atoms with van der Waals surface area (Å²) >= 11 is 5.70. The van der Waals surface area contributed by atoms with E-state index < -0.39 is 5.82 Å². The van der Waals surface area contributed by atoms with E-state index >= 15 is 0 Å². The summed E-state index contributed by atoms with van der Waals surface area (Å²) in [4.78, 5) is 0. The van der Waals surface area contributed by atoms with Gasteiger partial charge in [-0.2, -0.15) is 5.10 Å². The van der Waals surface area contributed by atoms with Crippen molar-refractivity contribution in [2.24, 2.45) is 0 Å². The second kappa shape index (κ2) is 6.16. The van der Waals surface area contributed by atoms with E-state index in [1.165, 1.54) is 6.07 Å². The Morgan fingerprint density at radius 3 is 2.67 bits per heavy atom. The van der Waals surface area contributed by atoms with Crippen LogP contribution in [-0.2, 0) is 13.1 Å². The Morgan fingerprint density at radius 1 is 1.33 bits per heavy atom. The zero-order chi connectivity index (χ0) is 15.6. The molecule has 0 saturated heterocycles. The quantitative estimate of drug-likeness (QED) is 0.927. The van der Waals surface area contributed by atoms with Crippen molar-refractivity contribution in [1.29, 1.82) is 0 Å². The zero-order valence-electron chi connectivity index (χ0n) is 12.9. The van der Waals surface area contributed by atoms with Crippen LogP contribution in [0.2, 0.25) is 5.02 Å². The van der Waals surface area contributed by atoms with E-state index in [0.29, 0.717) is 6.54 Å². The van der Waals surface area contributed by atoms with Crippen molar-refractivity contribution in [3.63, 3.8) is 0 Å². The van der Waals surface area contributed by atoms with Gasteiger partial charge in [-0.05, 0) is 45.4 Å². The van der Waals surface area contributed by atoms with Gasteiger partial charge in [-0.1, -0.05) is 17.7 Å². The maximum absolute atomic E-state index is 13.5. The molecule has 0 amide bonds. The first-order chi connectivity index (χ1) is 9.76. The first-order valence-corrected chi connectivity index (χ1v) is 7.34. The number of rotatable bonds is 4. The average molecular weight is 310 g/mol. The molecule has 0 radical (unpaired) electrons. The Labute approximate surface area is 130 Å². The Kier molecular flexibility index (Phi) is 4.69. The summed E-state index contributed by atoms with van der Waals surface area (Å²) in [5.74, 6) is -0.395. The van der Waals surface area contributed by atoms with Crippen LogP contribution in [0.4, 0.5) is 4.39 Å². The highest BCUT2D eigenvalue weighted by molar-refractivity contribution is 6.30. The summed E-state index contributed by atoms with van der Waals surface area (Å²) in [6, 6.07) is 4.85. The fraction of sp³-hybridized carbons (Fsp3) is 0.438. The number of benzene rings is 1. The number of nitrogens with one attached hydrogen (secondary N) is 1. The van der Waals surface area contributed by atoms with E-state index in [1.807, 2.05) is 23.9 Å². The highest BCUT2D eigenvalue weighted by Crippen LogP contribution is 2.17. The Morgan fingerprint density at radius 2 is 2.05 bits per heavy atom. The van der Waals surface area contributed by atoms with Gasteiger partial charge >= 0.3 is 0 Å². The van der Waals surface area contributed by atoms with E-state index in [-0.39, 0.29) is 10.6 Å². The monoisotopic (exact) mass is 309 g/mol. The summed E-state index contributed by atoms with van der Waals surface area (Å²) in [7, 11) is 0. The van der Waals surface area contributed by atoms with Gasteiger partial charge in [0.2, 0.25) is 0 Å². The van der Waals surface area contributed by atoms with Gasteiger partial charge in [-0.3, -0.25) is 4.68 Å². The van der Waals surface area contributed by atoms with E-state index in [9.17, 15) is 4.39 Å². The molecule has 0 aliphatic rings. The predicted octanol–water partition coefficient (Wildman–Crippen LogP) is 3.92. The van der Waals surface area contributed by atoms with Crippen LogP contribution >= 0.6 is 11.6 Å². The number of halogens is 2. The molecule has 21 heavy (non-hydrogen) atoms. The van der Waals surface area contributed by atoms with Crippen LogP contribution in [0.5, 0.6) is 0 Å². The van der Waals surface area contributed by atoms with Crippen LogP contribution < -0.4 is 5.32 Å². The average Bonchev–Trinajstić information content (AvgIpc) is 2.72. The molecule has 1 aromatic carbocycles. The van der Waals surface area contributed by atoms with Crippen molar-refractivity contribution in [2.45, 2.75) is 46.3 Å². The van der Waals surface area contributed by atoms with Crippen LogP contribution in [0.15, 0.2) is 24.4 Å². The van der Waals surface area contributed by atoms with Gasteiger partial charge in [-0.25, -0.2) is 4.39 Å². The minimum atomic E-state index is -0.395. The SMILES string of the molecule is Cc1c(CNC(C)(C)C)cnn1Cc1ccc(Cl)c(F)c1. The largest absolute Gasteiger partial charge is 0.308 e. The highest BCUT2D eigenvalue weighted by atomic mass is 35.5. The van der Waals surface area contributed by atoms with Crippen LogP contribution in [0.1, 0.15) is 37.6 Å². The van der Waals surface area contributed by atoms with E-state index in [2.05, 4.69) is 31.2 Å². The van der Waals surface area contributed by atoms with E-state index in [1.54, 1.807) is 6.07 Å². The molecule has 0 saturated carbocycles. The van der Waals surface area contributed by atoms with Crippen molar-refractivity contribution in [2.75, 3.05) is 0 Å². The van der Waals surface area contributed by atoms with Crippen molar-refractivity contribution >= 4 is 11.6 Å². The number of hydrogen-bond acceptors (Lipinski definition) is 2. The second-order valence-electron chi connectivity index (χ2n) is 6.26. The molecular formula is C16H21ClFN3. The molecular weight excluding hydrogens is 289 g/mol. The smallest absolute Gasteiger partial charge is 0.142 e. The fourth-order valence-corrected chi connectivity index (χ4v) is 2.11. The van der Waals surface area contributed by atoms with Crippen molar-refractivity contribution in [1.82, 2.24) is 15.1 Å². The minimum Gasteiger partial charge on any atom is -0.308 e. The first-order valence-electron chi connectivity index (χ1n) is 6.96. The maximum Gasteiger partial charge on any atom is 0.142 e. The molecule has 2 aromatic rings. The first kappa shape index (κ1) is 16.0. The summed E-state index contributed by atoms with van der Waals surface area (Å²) in [6.07, 6.45) is 1.86. The molecule has 5 heteroatoms. The highest BCUT2D eigenvalue weighted by Gasteiger charge is 2.12. The van der Waals surface area contributed by atoms with E-state index in [4.69, 9.17) is 11.6 Å². The summed E-state index contributed by atoms with van der Waals surface area (Å²) in [5, 5.41) is 7.97. The van der Waals surface area contributed by atoms with Gasteiger partial charge in [0.05, 0.1) is 17.8 Å². The lowest BCUT2D eigenvalue weighted by Crippen LogP contribution is -2.35. The molecule has 3 nitrogen and oxygen atoms in total. The number of nitrogens with zero attached hydrogens (tertiary/aromatic N) is 2. The third-order valence-electron chi connectivity index (χ3n) is 3.33. The molecule has 0 atom stereocenters. The molecule has 114 valence electrons. The van der Waals surface area contributed by atoms with Crippen LogP contribution in [0.3, 0.4) is 0 Å². The fourth-order valence-electron chi connectivity index (χ4n) is 1.99. The zero-order valence-corrected chi connectivity index (χ0v) is 13.6. The molecule has 0 aliphatic carbocycles. The third-order valence-corrected chi connectivity index (χ3v) is 3.64. The lowest BCUT2D eigenvalue weighted by atomic mass is 10.1. The van der Waals surface area contributed by atoms with Gasteiger partial charge < -0.3 is 5.32 Å². The molecule has 1 aromatic heterocycles. The van der Waals surface area contributed by atoms with Crippen LogP contribution in [0.25, 0.3) is 0 Å². The molecule has 1 heterocycles. The molecule has 0 unspecified atom stereocenters. The Balaban J connectivity index is 2.11. The molecule has 0 fully saturated rings. The van der Waals surface area contributed by atoms with Crippen molar-refractivity contribution in [3.8, 4) is 0 Å². The lowest BCUT2D eigenvalue weighted by molar-refractivity contribution is 0.423. The van der Waals surface area contributed by atoms with Crippen molar-refractivity contribution < 1.29 is 4.39 Å². The third kappa shape index (κ3) is 4.29. The Hall–Kier alpha value is -1.39. The molecule has 0 bridgehead atoms. The maximum atomic E-state index is 13.5. The van der Waals surface area contributed by atoms with Gasteiger partial charge in [0.1, 0.15) is 5.82 Å². The normalized spacial score (nSPS) is 11.9. The summed E-state index contributed by atoms with van der Waals surface area (Å²) in [6.45, 7) is 9.72. The predicted molar refractivity (Wildman–Crippen MR) is 84.1 cm³/mol. The molecule has 0 aliphatic heterocycles. The molecule has 0 spiro atoms.